The smallest absolute Gasteiger partial charge is 0.191 e. The summed E-state index contributed by atoms with van der Waals surface area (Å²) < 4.78 is 10.7. The van der Waals surface area contributed by atoms with Crippen LogP contribution in [0.1, 0.15) is 30.9 Å². The molecule has 6 nitrogen and oxygen atoms in total. The number of hydrogen-bond acceptors (Lipinski definition) is 5. The van der Waals surface area contributed by atoms with Gasteiger partial charge in [-0.2, -0.15) is 0 Å². The summed E-state index contributed by atoms with van der Waals surface area (Å²) in [4.78, 5) is 5.48. The van der Waals surface area contributed by atoms with E-state index in [1.165, 1.54) is 11.3 Å². The van der Waals surface area contributed by atoms with Crippen LogP contribution in [0.4, 0.5) is 0 Å². The number of furan rings is 1. The Kier molecular flexibility index (Phi) is 8.67. The van der Waals surface area contributed by atoms with Gasteiger partial charge in [0.1, 0.15) is 11.4 Å². The second-order valence-corrected chi connectivity index (χ2v) is 7.10. The van der Waals surface area contributed by atoms with E-state index in [0.29, 0.717) is 12.5 Å². The Labute approximate surface area is 159 Å². The molecular weight excluding hydrogens is 350 g/mol. The van der Waals surface area contributed by atoms with Gasteiger partial charge in [-0.15, -0.1) is 11.3 Å². The maximum Gasteiger partial charge on any atom is 0.191 e. The molecule has 0 saturated heterocycles. The molecule has 144 valence electrons. The molecule has 1 atom stereocenters. The van der Waals surface area contributed by atoms with Crippen molar-refractivity contribution in [2.45, 2.75) is 32.3 Å². The number of nitrogens with one attached hydrogen (secondary N) is 2. The van der Waals surface area contributed by atoms with Gasteiger partial charge in [-0.25, -0.2) is 4.99 Å². The first-order chi connectivity index (χ1) is 12.6. The maximum atomic E-state index is 10.7. The standard InChI is InChI=1S/C19H29N3O3S/c1-3-24-12-6-10-20-18(21-11-9-16-7-4-13-25-16)22-15-19(2,23)17-8-5-14-26-17/h4-5,7-8,13-14,23H,3,6,9-12,15H2,1-2H3,(H2,20,21,22). The summed E-state index contributed by atoms with van der Waals surface area (Å²) in [6.45, 7) is 6.97. The minimum Gasteiger partial charge on any atom is -0.469 e. The Morgan fingerprint density at radius 2 is 2.15 bits per heavy atom. The first-order valence-corrected chi connectivity index (χ1v) is 9.88. The molecule has 1 unspecified atom stereocenters. The topological polar surface area (TPSA) is 79.0 Å². The fourth-order valence-electron chi connectivity index (χ4n) is 2.35. The Morgan fingerprint density at radius 1 is 1.31 bits per heavy atom. The monoisotopic (exact) mass is 379 g/mol. The molecule has 0 spiro atoms. The average Bonchev–Trinajstić information content (AvgIpc) is 3.32. The quantitative estimate of drug-likeness (QED) is 0.318. The highest BCUT2D eigenvalue weighted by Crippen LogP contribution is 2.25. The Balaban J connectivity index is 1.87. The molecule has 0 aromatic carbocycles. The second-order valence-electron chi connectivity index (χ2n) is 6.15. The van der Waals surface area contributed by atoms with Crippen molar-refractivity contribution in [3.63, 3.8) is 0 Å². The molecule has 0 radical (unpaired) electrons. The number of thiophene rings is 1. The molecular formula is C19H29N3O3S. The largest absolute Gasteiger partial charge is 0.469 e. The van der Waals surface area contributed by atoms with Crippen LogP contribution in [0.15, 0.2) is 45.3 Å². The summed E-state index contributed by atoms with van der Waals surface area (Å²) in [5, 5.41) is 19.2. The zero-order chi connectivity index (χ0) is 18.7. The van der Waals surface area contributed by atoms with Crippen LogP contribution >= 0.6 is 11.3 Å². The van der Waals surface area contributed by atoms with E-state index in [-0.39, 0.29) is 6.54 Å². The van der Waals surface area contributed by atoms with Crippen LogP contribution in [0.25, 0.3) is 0 Å². The van der Waals surface area contributed by atoms with Gasteiger partial charge in [-0.05, 0) is 43.8 Å². The SMILES string of the molecule is CCOCCCNC(=NCC(C)(O)c1cccs1)NCCc1ccco1. The van der Waals surface area contributed by atoms with Gasteiger partial charge < -0.3 is 24.9 Å². The van der Waals surface area contributed by atoms with E-state index in [1.807, 2.05) is 36.6 Å². The van der Waals surface area contributed by atoms with E-state index in [0.717, 1.165) is 43.2 Å². The van der Waals surface area contributed by atoms with Gasteiger partial charge in [0.25, 0.3) is 0 Å². The average molecular weight is 380 g/mol. The molecule has 3 N–H and O–H groups in total. The van der Waals surface area contributed by atoms with Crippen molar-refractivity contribution in [3.05, 3.63) is 46.5 Å². The lowest BCUT2D eigenvalue weighted by molar-refractivity contribution is 0.0711. The number of ether oxygens (including phenoxy) is 1. The molecule has 7 heteroatoms. The zero-order valence-corrected chi connectivity index (χ0v) is 16.3. The lowest BCUT2D eigenvalue weighted by Gasteiger charge is -2.20. The minimum atomic E-state index is -0.977. The van der Waals surface area contributed by atoms with Crippen molar-refractivity contribution < 1.29 is 14.3 Å². The number of hydrogen-bond donors (Lipinski definition) is 3. The number of nitrogens with zero attached hydrogens (tertiary/aromatic N) is 1. The predicted octanol–water partition coefficient (Wildman–Crippen LogP) is 2.75. The van der Waals surface area contributed by atoms with Gasteiger partial charge >= 0.3 is 0 Å². The molecule has 2 aromatic heterocycles. The Morgan fingerprint density at radius 3 is 2.85 bits per heavy atom. The number of guanidine groups is 1. The van der Waals surface area contributed by atoms with Crippen molar-refractivity contribution in [2.75, 3.05) is 32.8 Å². The molecule has 0 bridgehead atoms. The predicted molar refractivity (Wildman–Crippen MR) is 106 cm³/mol. The molecule has 0 aliphatic heterocycles. The second kappa shape index (κ2) is 11.0. The van der Waals surface area contributed by atoms with Crippen LogP contribution in [0, 0.1) is 0 Å². The Bertz CT molecular complexity index is 625. The van der Waals surface area contributed by atoms with Gasteiger partial charge in [0.15, 0.2) is 5.96 Å². The van der Waals surface area contributed by atoms with Crippen LogP contribution in [-0.4, -0.2) is 43.9 Å². The number of rotatable bonds is 11. The maximum absolute atomic E-state index is 10.7. The first kappa shape index (κ1) is 20.5. The highest BCUT2D eigenvalue weighted by Gasteiger charge is 2.24. The number of aliphatic hydroxyl groups is 1. The van der Waals surface area contributed by atoms with Crippen LogP contribution in [0.3, 0.4) is 0 Å². The summed E-state index contributed by atoms with van der Waals surface area (Å²) in [5.74, 6) is 1.61. The van der Waals surface area contributed by atoms with Crippen LogP contribution < -0.4 is 10.6 Å². The summed E-state index contributed by atoms with van der Waals surface area (Å²) >= 11 is 1.54. The fraction of sp³-hybridized carbons (Fsp3) is 0.526. The fourth-order valence-corrected chi connectivity index (χ4v) is 3.13. The van der Waals surface area contributed by atoms with Gasteiger partial charge in [0.05, 0.1) is 12.8 Å². The van der Waals surface area contributed by atoms with Crippen LogP contribution in [0.5, 0.6) is 0 Å². The normalized spacial score (nSPS) is 14.2. The third-order valence-electron chi connectivity index (χ3n) is 3.80. The van der Waals surface area contributed by atoms with Crippen LogP contribution in [-0.2, 0) is 16.8 Å². The molecule has 26 heavy (non-hydrogen) atoms. The molecule has 2 rings (SSSR count). The van der Waals surface area contributed by atoms with Gasteiger partial charge in [-0.1, -0.05) is 6.07 Å². The number of aliphatic imine (C=N–C) groups is 1. The van der Waals surface area contributed by atoms with E-state index >= 15 is 0 Å². The summed E-state index contributed by atoms with van der Waals surface area (Å²) in [7, 11) is 0. The lowest BCUT2D eigenvalue weighted by Crippen LogP contribution is -2.40. The molecule has 0 fully saturated rings. The lowest BCUT2D eigenvalue weighted by atomic mass is 10.1. The van der Waals surface area contributed by atoms with E-state index in [1.54, 1.807) is 13.2 Å². The molecule has 0 aliphatic carbocycles. The van der Waals surface area contributed by atoms with E-state index in [4.69, 9.17) is 9.15 Å². The van der Waals surface area contributed by atoms with Crippen molar-refractivity contribution >= 4 is 17.3 Å². The van der Waals surface area contributed by atoms with E-state index in [2.05, 4.69) is 15.6 Å². The summed E-state index contributed by atoms with van der Waals surface area (Å²) in [6.07, 6.45) is 3.34. The van der Waals surface area contributed by atoms with Crippen molar-refractivity contribution in [1.29, 1.82) is 0 Å². The van der Waals surface area contributed by atoms with Gasteiger partial charge in [0.2, 0.25) is 0 Å². The Hall–Kier alpha value is -1.83. The molecule has 0 amide bonds. The third kappa shape index (κ3) is 7.19. The third-order valence-corrected chi connectivity index (χ3v) is 4.93. The highest BCUT2D eigenvalue weighted by molar-refractivity contribution is 7.10. The van der Waals surface area contributed by atoms with E-state index in [9.17, 15) is 5.11 Å². The molecule has 2 heterocycles. The van der Waals surface area contributed by atoms with Crippen LogP contribution in [0.2, 0.25) is 0 Å². The first-order valence-electron chi connectivity index (χ1n) is 9.00. The van der Waals surface area contributed by atoms with Crippen molar-refractivity contribution in [2.24, 2.45) is 4.99 Å². The molecule has 2 aromatic rings. The van der Waals surface area contributed by atoms with E-state index < -0.39 is 5.60 Å². The summed E-state index contributed by atoms with van der Waals surface area (Å²) in [6, 6.07) is 7.70. The minimum absolute atomic E-state index is 0.287. The van der Waals surface area contributed by atoms with Gasteiger partial charge in [0, 0.05) is 37.6 Å². The highest BCUT2D eigenvalue weighted by atomic mass is 32.1. The van der Waals surface area contributed by atoms with Gasteiger partial charge in [-0.3, -0.25) is 0 Å². The molecule has 0 aliphatic rings. The molecule has 0 saturated carbocycles. The summed E-state index contributed by atoms with van der Waals surface area (Å²) in [5.41, 5.74) is -0.977. The zero-order valence-electron chi connectivity index (χ0n) is 15.5. The van der Waals surface area contributed by atoms with Crippen molar-refractivity contribution in [1.82, 2.24) is 10.6 Å². The van der Waals surface area contributed by atoms with Crippen molar-refractivity contribution in [3.8, 4) is 0 Å².